The molecule has 0 amide bonds. The number of sulfone groups is 2. The molecule has 0 aliphatic heterocycles. The smallest absolute Gasteiger partial charge is 0.153 e. The van der Waals surface area contributed by atoms with Crippen molar-refractivity contribution in [1.29, 1.82) is 0 Å². The molecule has 0 bridgehead atoms. The zero-order chi connectivity index (χ0) is 13.0. The van der Waals surface area contributed by atoms with Crippen LogP contribution < -0.4 is 5.73 Å². The second kappa shape index (κ2) is 5.46. The number of nitrogens with two attached hydrogens (primary N) is 1. The van der Waals surface area contributed by atoms with Crippen LogP contribution in [-0.4, -0.2) is 45.4 Å². The Morgan fingerprint density at radius 2 is 1.38 bits per heavy atom. The first-order valence-corrected chi connectivity index (χ1v) is 8.81. The highest BCUT2D eigenvalue weighted by Crippen LogP contribution is 2.05. The fraction of sp³-hybridized carbons (Fsp3) is 1.00. The van der Waals surface area contributed by atoms with Crippen molar-refractivity contribution in [1.82, 2.24) is 0 Å². The molecule has 0 saturated carbocycles. The second-order valence-electron chi connectivity index (χ2n) is 4.73. The fourth-order valence-electron chi connectivity index (χ4n) is 1.31. The van der Waals surface area contributed by atoms with Gasteiger partial charge in [0.2, 0.25) is 0 Å². The molecule has 5 nitrogen and oxygen atoms in total. The normalized spacial score (nSPS) is 14.0. The third-order valence-corrected chi connectivity index (χ3v) is 5.94. The standard InChI is InChI=1S/C9H21NO4S2/c1-4-5-15(11,12)6-7-16(13,14)8-9(2,3)10/h4-8,10H2,1-3H3. The molecule has 16 heavy (non-hydrogen) atoms. The zero-order valence-corrected chi connectivity index (χ0v) is 11.7. The minimum atomic E-state index is -3.39. The van der Waals surface area contributed by atoms with E-state index in [0.29, 0.717) is 6.42 Å². The zero-order valence-electron chi connectivity index (χ0n) is 10.1. The van der Waals surface area contributed by atoms with Crippen molar-refractivity contribution in [3.63, 3.8) is 0 Å². The van der Waals surface area contributed by atoms with Gasteiger partial charge in [0.15, 0.2) is 19.7 Å². The molecule has 98 valence electrons. The highest BCUT2D eigenvalue weighted by atomic mass is 32.2. The maximum Gasteiger partial charge on any atom is 0.153 e. The molecule has 0 unspecified atom stereocenters. The quantitative estimate of drug-likeness (QED) is 0.701. The summed E-state index contributed by atoms with van der Waals surface area (Å²) in [6, 6.07) is 0. The lowest BCUT2D eigenvalue weighted by Crippen LogP contribution is -2.41. The summed E-state index contributed by atoms with van der Waals surface area (Å²) in [5.41, 5.74) is 4.76. The predicted octanol–water partition coefficient (Wildman–Crippen LogP) is -0.0367. The van der Waals surface area contributed by atoms with Crippen molar-refractivity contribution < 1.29 is 16.8 Å². The molecule has 0 spiro atoms. The summed E-state index contributed by atoms with van der Waals surface area (Å²) < 4.78 is 45.8. The Balaban J connectivity index is 4.42. The van der Waals surface area contributed by atoms with Crippen molar-refractivity contribution in [2.45, 2.75) is 32.7 Å². The molecule has 0 aromatic carbocycles. The highest BCUT2D eigenvalue weighted by Gasteiger charge is 2.24. The van der Waals surface area contributed by atoms with Crippen molar-refractivity contribution in [3.05, 3.63) is 0 Å². The van der Waals surface area contributed by atoms with Crippen LogP contribution in [0.5, 0.6) is 0 Å². The summed E-state index contributed by atoms with van der Waals surface area (Å²) in [6.45, 7) is 4.95. The first kappa shape index (κ1) is 15.9. The molecule has 0 aliphatic carbocycles. The lowest BCUT2D eigenvalue weighted by molar-refractivity contribution is 0.544. The average molecular weight is 271 g/mol. The van der Waals surface area contributed by atoms with E-state index in [2.05, 4.69) is 0 Å². The largest absolute Gasteiger partial charge is 0.325 e. The molecule has 0 radical (unpaired) electrons. The van der Waals surface area contributed by atoms with Gasteiger partial charge < -0.3 is 5.73 Å². The molecule has 0 heterocycles. The van der Waals surface area contributed by atoms with Gasteiger partial charge in [0.1, 0.15) is 0 Å². The van der Waals surface area contributed by atoms with E-state index < -0.39 is 25.2 Å². The van der Waals surface area contributed by atoms with Gasteiger partial charge in [0.05, 0.1) is 17.3 Å². The first-order valence-electron chi connectivity index (χ1n) is 5.17. The molecule has 0 fully saturated rings. The third-order valence-electron chi connectivity index (χ3n) is 1.81. The van der Waals surface area contributed by atoms with E-state index in [1.165, 1.54) is 0 Å². The predicted molar refractivity (Wildman–Crippen MR) is 65.9 cm³/mol. The molecule has 7 heteroatoms. The van der Waals surface area contributed by atoms with Crippen LogP contribution >= 0.6 is 0 Å². The van der Waals surface area contributed by atoms with Crippen LogP contribution in [0.25, 0.3) is 0 Å². The van der Waals surface area contributed by atoms with E-state index in [-0.39, 0.29) is 23.0 Å². The summed E-state index contributed by atoms with van der Waals surface area (Å²) in [5, 5.41) is 0. The van der Waals surface area contributed by atoms with Gasteiger partial charge in [0.25, 0.3) is 0 Å². The minimum absolute atomic E-state index is 0.0362. The SMILES string of the molecule is CCCS(=O)(=O)CCS(=O)(=O)CC(C)(C)N. The second-order valence-corrected chi connectivity index (χ2v) is 9.22. The summed E-state index contributed by atoms with van der Waals surface area (Å²) in [6.07, 6.45) is 0.505. The molecule has 0 aromatic rings. The molecular formula is C9H21NO4S2. The van der Waals surface area contributed by atoms with E-state index in [4.69, 9.17) is 5.73 Å². The maximum atomic E-state index is 11.6. The van der Waals surface area contributed by atoms with Crippen molar-refractivity contribution in [2.75, 3.05) is 23.0 Å². The molecular weight excluding hydrogens is 250 g/mol. The van der Waals surface area contributed by atoms with Gasteiger partial charge >= 0.3 is 0 Å². The lowest BCUT2D eigenvalue weighted by Gasteiger charge is -2.18. The van der Waals surface area contributed by atoms with Crippen LogP contribution in [0, 0.1) is 0 Å². The van der Waals surface area contributed by atoms with Crippen molar-refractivity contribution in [2.24, 2.45) is 5.73 Å². The molecule has 0 rings (SSSR count). The lowest BCUT2D eigenvalue weighted by atomic mass is 10.1. The van der Waals surface area contributed by atoms with Gasteiger partial charge in [0, 0.05) is 11.3 Å². The number of rotatable bonds is 7. The Hall–Kier alpha value is -0.140. The van der Waals surface area contributed by atoms with E-state index >= 15 is 0 Å². The van der Waals surface area contributed by atoms with Crippen LogP contribution in [0.1, 0.15) is 27.2 Å². The molecule has 2 N–H and O–H groups in total. The summed E-state index contributed by atoms with van der Waals surface area (Å²) in [7, 11) is -6.64. The minimum Gasteiger partial charge on any atom is -0.325 e. The maximum absolute atomic E-state index is 11.6. The van der Waals surface area contributed by atoms with Gasteiger partial charge in [-0.1, -0.05) is 6.92 Å². The van der Waals surface area contributed by atoms with Gasteiger partial charge in [-0.3, -0.25) is 0 Å². The Morgan fingerprint density at radius 1 is 0.938 bits per heavy atom. The first-order chi connectivity index (χ1) is 6.97. The third kappa shape index (κ3) is 8.06. The molecule has 0 atom stereocenters. The van der Waals surface area contributed by atoms with E-state index in [1.807, 2.05) is 0 Å². The Bertz CT molecular complexity index is 403. The van der Waals surface area contributed by atoms with Crippen LogP contribution in [0.15, 0.2) is 0 Å². The average Bonchev–Trinajstić information content (AvgIpc) is 1.97. The van der Waals surface area contributed by atoms with Crippen LogP contribution in [-0.2, 0) is 19.7 Å². The molecule has 0 aromatic heterocycles. The van der Waals surface area contributed by atoms with Crippen LogP contribution in [0.3, 0.4) is 0 Å². The van der Waals surface area contributed by atoms with E-state index in [9.17, 15) is 16.8 Å². The van der Waals surface area contributed by atoms with Gasteiger partial charge in [-0.2, -0.15) is 0 Å². The number of hydrogen-bond donors (Lipinski definition) is 1. The Labute approximate surface area is 98.2 Å². The van der Waals surface area contributed by atoms with Crippen molar-refractivity contribution in [3.8, 4) is 0 Å². The summed E-state index contributed by atoms with van der Waals surface area (Å²) in [5.74, 6) is -0.800. The van der Waals surface area contributed by atoms with Crippen molar-refractivity contribution >= 4 is 19.7 Å². The fourth-order valence-corrected chi connectivity index (χ4v) is 5.44. The van der Waals surface area contributed by atoms with E-state index in [0.717, 1.165) is 0 Å². The molecule has 0 aliphatic rings. The van der Waals surface area contributed by atoms with Crippen LogP contribution in [0.2, 0.25) is 0 Å². The number of hydrogen-bond acceptors (Lipinski definition) is 5. The Morgan fingerprint density at radius 3 is 1.75 bits per heavy atom. The van der Waals surface area contributed by atoms with Gasteiger partial charge in [-0.25, -0.2) is 16.8 Å². The van der Waals surface area contributed by atoms with Crippen LogP contribution in [0.4, 0.5) is 0 Å². The Kier molecular flexibility index (Phi) is 5.41. The van der Waals surface area contributed by atoms with Gasteiger partial charge in [-0.15, -0.1) is 0 Å². The summed E-state index contributed by atoms with van der Waals surface area (Å²) >= 11 is 0. The monoisotopic (exact) mass is 271 g/mol. The van der Waals surface area contributed by atoms with E-state index in [1.54, 1.807) is 20.8 Å². The van der Waals surface area contributed by atoms with Gasteiger partial charge in [-0.05, 0) is 20.3 Å². The molecule has 0 saturated heterocycles. The highest BCUT2D eigenvalue weighted by molar-refractivity contribution is 7.95. The topological polar surface area (TPSA) is 94.3 Å². The summed E-state index contributed by atoms with van der Waals surface area (Å²) in [4.78, 5) is 0.